The molecule has 0 bridgehead atoms. The van der Waals surface area contributed by atoms with E-state index in [9.17, 15) is 4.39 Å². The smallest absolute Gasteiger partial charge is 0.290 e. The van der Waals surface area contributed by atoms with Crippen molar-refractivity contribution in [1.29, 1.82) is 0 Å². The molecule has 0 atom stereocenters. The summed E-state index contributed by atoms with van der Waals surface area (Å²) in [4.78, 5) is 0. The van der Waals surface area contributed by atoms with Crippen molar-refractivity contribution in [3.05, 3.63) is 17.6 Å². The monoisotopic (exact) mass is 172 g/mol. The van der Waals surface area contributed by atoms with Gasteiger partial charge in [-0.05, 0) is 5.41 Å². The highest BCUT2D eigenvalue weighted by atomic mass is 19.1. The van der Waals surface area contributed by atoms with Crippen LogP contribution in [0.3, 0.4) is 0 Å². The molecule has 0 saturated heterocycles. The van der Waals surface area contributed by atoms with E-state index in [-0.39, 0.29) is 17.2 Å². The van der Waals surface area contributed by atoms with Gasteiger partial charge in [0, 0.05) is 0 Å². The molecular weight excluding hydrogens is 159 g/mol. The van der Waals surface area contributed by atoms with Gasteiger partial charge < -0.3 is 9.15 Å². The van der Waals surface area contributed by atoms with Crippen molar-refractivity contribution in [3.63, 3.8) is 0 Å². The van der Waals surface area contributed by atoms with Crippen molar-refractivity contribution in [1.82, 2.24) is 0 Å². The Kier molecular flexibility index (Phi) is 2.13. The summed E-state index contributed by atoms with van der Waals surface area (Å²) in [6.07, 6.45) is 1.07. The molecule has 3 heteroatoms. The molecule has 0 fully saturated rings. The maximum Gasteiger partial charge on any atom is 0.290 e. The van der Waals surface area contributed by atoms with E-state index in [1.165, 1.54) is 7.11 Å². The summed E-state index contributed by atoms with van der Waals surface area (Å²) in [6, 6.07) is 0. The molecule has 0 N–H and O–H groups in total. The van der Waals surface area contributed by atoms with Gasteiger partial charge in [-0.2, -0.15) is 0 Å². The zero-order valence-electron chi connectivity index (χ0n) is 7.77. The third kappa shape index (κ3) is 1.44. The van der Waals surface area contributed by atoms with Gasteiger partial charge in [0.2, 0.25) is 0 Å². The number of hydrogen-bond donors (Lipinski definition) is 0. The number of rotatable bonds is 1. The molecule has 0 spiro atoms. The van der Waals surface area contributed by atoms with Crippen LogP contribution in [0.4, 0.5) is 4.39 Å². The fraction of sp³-hybridized carbons (Fsp3) is 0.556. The normalized spacial score (nSPS) is 11.8. The summed E-state index contributed by atoms with van der Waals surface area (Å²) in [5.74, 6) is -0.0839. The Morgan fingerprint density at radius 3 is 2.33 bits per heavy atom. The van der Waals surface area contributed by atoms with E-state index in [0.717, 1.165) is 6.26 Å². The second-order valence-electron chi connectivity index (χ2n) is 3.70. The van der Waals surface area contributed by atoms with Crippen LogP contribution in [0.1, 0.15) is 26.3 Å². The third-order valence-corrected chi connectivity index (χ3v) is 1.65. The second-order valence-corrected chi connectivity index (χ2v) is 3.70. The van der Waals surface area contributed by atoms with Crippen LogP contribution in [-0.2, 0) is 5.41 Å². The van der Waals surface area contributed by atoms with E-state index in [0.29, 0.717) is 5.56 Å². The average Bonchev–Trinajstić information content (AvgIpc) is 2.29. The number of furan rings is 1. The lowest BCUT2D eigenvalue weighted by molar-refractivity contribution is 0.294. The zero-order valence-corrected chi connectivity index (χ0v) is 7.77. The highest BCUT2D eigenvalue weighted by molar-refractivity contribution is 5.31. The summed E-state index contributed by atoms with van der Waals surface area (Å²) in [7, 11) is 1.47. The lowest BCUT2D eigenvalue weighted by Gasteiger charge is -2.17. The van der Waals surface area contributed by atoms with Gasteiger partial charge in [-0.3, -0.25) is 0 Å². The first-order valence-electron chi connectivity index (χ1n) is 3.78. The van der Waals surface area contributed by atoms with Gasteiger partial charge in [0.15, 0.2) is 5.82 Å². The van der Waals surface area contributed by atoms with Gasteiger partial charge in [0.1, 0.15) is 6.26 Å². The molecule has 2 nitrogen and oxygen atoms in total. The van der Waals surface area contributed by atoms with E-state index in [1.807, 2.05) is 20.8 Å². The van der Waals surface area contributed by atoms with Crippen LogP contribution in [0.15, 0.2) is 10.7 Å². The SMILES string of the molecule is COc1occ(F)c1C(C)(C)C. The van der Waals surface area contributed by atoms with Crippen LogP contribution in [0.5, 0.6) is 5.95 Å². The Hall–Kier alpha value is -0.990. The van der Waals surface area contributed by atoms with Gasteiger partial charge in [0.25, 0.3) is 5.95 Å². The standard InChI is InChI=1S/C9H13FO2/c1-9(2,3)7-6(10)5-12-8(7)11-4/h5H,1-4H3. The molecule has 1 aromatic heterocycles. The zero-order chi connectivity index (χ0) is 9.35. The molecular formula is C9H13FO2. The van der Waals surface area contributed by atoms with Gasteiger partial charge in [-0.25, -0.2) is 4.39 Å². The van der Waals surface area contributed by atoms with Crippen molar-refractivity contribution in [2.24, 2.45) is 0 Å². The van der Waals surface area contributed by atoms with Gasteiger partial charge in [-0.15, -0.1) is 0 Å². The predicted molar refractivity (Wildman–Crippen MR) is 43.9 cm³/mol. The molecule has 68 valence electrons. The number of halogens is 1. The maximum atomic E-state index is 13.1. The second kappa shape index (κ2) is 2.81. The maximum absolute atomic E-state index is 13.1. The Balaban J connectivity index is 3.19. The van der Waals surface area contributed by atoms with Crippen molar-refractivity contribution in [3.8, 4) is 5.95 Å². The van der Waals surface area contributed by atoms with Gasteiger partial charge in [-0.1, -0.05) is 20.8 Å². The first-order chi connectivity index (χ1) is 5.46. The molecule has 0 amide bonds. The minimum atomic E-state index is -0.348. The first kappa shape index (κ1) is 9.10. The largest absolute Gasteiger partial charge is 0.468 e. The molecule has 0 radical (unpaired) electrons. The fourth-order valence-corrected chi connectivity index (χ4v) is 1.14. The van der Waals surface area contributed by atoms with Crippen molar-refractivity contribution in [2.75, 3.05) is 7.11 Å². The van der Waals surface area contributed by atoms with Crippen LogP contribution in [0.2, 0.25) is 0 Å². The van der Waals surface area contributed by atoms with Crippen LogP contribution < -0.4 is 4.74 Å². The molecule has 0 aromatic carbocycles. The van der Waals surface area contributed by atoms with E-state index in [1.54, 1.807) is 0 Å². The van der Waals surface area contributed by atoms with Crippen LogP contribution in [0.25, 0.3) is 0 Å². The predicted octanol–water partition coefficient (Wildman–Crippen LogP) is 2.72. The van der Waals surface area contributed by atoms with Crippen molar-refractivity contribution >= 4 is 0 Å². The minimum Gasteiger partial charge on any atom is -0.468 e. The summed E-state index contributed by atoms with van der Waals surface area (Å²) >= 11 is 0. The van der Waals surface area contributed by atoms with Crippen LogP contribution >= 0.6 is 0 Å². The molecule has 0 aliphatic rings. The number of ether oxygens (including phenoxy) is 1. The quantitative estimate of drug-likeness (QED) is 0.649. The lowest BCUT2D eigenvalue weighted by atomic mass is 9.88. The summed E-state index contributed by atoms with van der Waals surface area (Å²) in [6.45, 7) is 5.72. The van der Waals surface area contributed by atoms with E-state index < -0.39 is 0 Å². The number of methoxy groups -OCH3 is 1. The molecule has 1 rings (SSSR count). The first-order valence-corrected chi connectivity index (χ1v) is 3.78. The molecule has 0 aliphatic heterocycles. The van der Waals surface area contributed by atoms with E-state index in [2.05, 4.69) is 0 Å². The highest BCUT2D eigenvalue weighted by Crippen LogP contribution is 2.34. The summed E-state index contributed by atoms with van der Waals surface area (Å²) < 4.78 is 22.9. The minimum absolute atomic E-state index is 0.264. The van der Waals surface area contributed by atoms with E-state index in [4.69, 9.17) is 9.15 Å². The summed E-state index contributed by atoms with van der Waals surface area (Å²) in [5, 5.41) is 0. The fourth-order valence-electron chi connectivity index (χ4n) is 1.14. The third-order valence-electron chi connectivity index (χ3n) is 1.65. The van der Waals surface area contributed by atoms with Crippen LogP contribution in [-0.4, -0.2) is 7.11 Å². The average molecular weight is 172 g/mol. The van der Waals surface area contributed by atoms with Crippen LogP contribution in [0, 0.1) is 5.82 Å². The number of hydrogen-bond acceptors (Lipinski definition) is 2. The topological polar surface area (TPSA) is 22.4 Å². The molecule has 1 heterocycles. The molecule has 12 heavy (non-hydrogen) atoms. The van der Waals surface area contributed by atoms with Gasteiger partial charge >= 0.3 is 0 Å². The van der Waals surface area contributed by atoms with E-state index >= 15 is 0 Å². The molecule has 0 aliphatic carbocycles. The Labute approximate surface area is 71.3 Å². The van der Waals surface area contributed by atoms with Crippen molar-refractivity contribution < 1.29 is 13.5 Å². The Morgan fingerprint density at radius 2 is 2.00 bits per heavy atom. The lowest BCUT2D eigenvalue weighted by Crippen LogP contribution is -2.13. The van der Waals surface area contributed by atoms with Gasteiger partial charge in [0.05, 0.1) is 12.7 Å². The Morgan fingerprint density at radius 1 is 1.42 bits per heavy atom. The molecule has 0 unspecified atom stereocenters. The highest BCUT2D eigenvalue weighted by Gasteiger charge is 2.26. The summed E-state index contributed by atoms with van der Waals surface area (Å²) in [5.41, 5.74) is 0.201. The Bertz CT molecular complexity index is 271. The molecule has 0 saturated carbocycles. The molecule has 1 aromatic rings. The van der Waals surface area contributed by atoms with Crippen molar-refractivity contribution in [2.45, 2.75) is 26.2 Å².